The van der Waals surface area contributed by atoms with Crippen molar-refractivity contribution in [3.8, 4) is 0 Å². The van der Waals surface area contributed by atoms with Crippen molar-refractivity contribution >= 4 is 23.4 Å². The monoisotopic (exact) mass is 368 g/mol. The molecule has 0 bridgehead atoms. The number of anilines is 1. The van der Waals surface area contributed by atoms with Crippen LogP contribution in [-0.2, 0) is 6.54 Å². The van der Waals surface area contributed by atoms with Gasteiger partial charge in [-0.2, -0.15) is 11.8 Å². The molecule has 2 aromatic rings. The molecule has 1 saturated carbocycles. The van der Waals surface area contributed by atoms with Gasteiger partial charge >= 0.3 is 0 Å². The first-order valence-electron chi connectivity index (χ1n) is 9.43. The second kappa shape index (κ2) is 9.24. The largest absolute Gasteiger partial charge is 0.322 e. The average Bonchev–Trinajstić information content (AvgIpc) is 3.12. The molecule has 0 saturated heterocycles. The Hall–Kier alpha value is -1.78. The average molecular weight is 369 g/mol. The summed E-state index contributed by atoms with van der Waals surface area (Å²) in [5, 5.41) is 3.77. The standard InChI is InChI=1S/C22H28N2OS/c1-3-26-21-13-12-20(15-21)24(2)16-17-8-7-9-18(14-17)22(25)23-19-10-5-4-6-11-19/h4-11,14,20-21H,3,12-13,15-16H2,1-2H3,(H,23,25)/t20-,21-/m1/s1. The highest BCUT2D eigenvalue weighted by molar-refractivity contribution is 7.99. The molecule has 0 radical (unpaired) electrons. The minimum Gasteiger partial charge on any atom is -0.322 e. The van der Waals surface area contributed by atoms with Gasteiger partial charge in [-0.1, -0.05) is 37.3 Å². The van der Waals surface area contributed by atoms with Crippen LogP contribution in [0.5, 0.6) is 0 Å². The molecule has 26 heavy (non-hydrogen) atoms. The molecule has 0 aliphatic heterocycles. The van der Waals surface area contributed by atoms with Crippen LogP contribution >= 0.6 is 11.8 Å². The van der Waals surface area contributed by atoms with Crippen molar-refractivity contribution in [2.45, 2.75) is 44.0 Å². The maximum Gasteiger partial charge on any atom is 0.255 e. The molecule has 1 amide bonds. The van der Waals surface area contributed by atoms with E-state index in [0.29, 0.717) is 11.6 Å². The number of rotatable bonds is 7. The molecule has 4 heteroatoms. The van der Waals surface area contributed by atoms with E-state index in [-0.39, 0.29) is 5.91 Å². The number of para-hydroxylation sites is 1. The van der Waals surface area contributed by atoms with E-state index in [2.05, 4.69) is 42.0 Å². The van der Waals surface area contributed by atoms with Crippen LogP contribution in [0.25, 0.3) is 0 Å². The molecule has 3 rings (SSSR count). The van der Waals surface area contributed by atoms with Crippen LogP contribution in [0.1, 0.15) is 42.1 Å². The third-order valence-electron chi connectivity index (χ3n) is 5.04. The first-order chi connectivity index (χ1) is 12.7. The van der Waals surface area contributed by atoms with Crippen molar-refractivity contribution in [3.05, 3.63) is 65.7 Å². The van der Waals surface area contributed by atoms with Gasteiger partial charge in [0, 0.05) is 29.1 Å². The SMILES string of the molecule is CCS[C@@H]1CC[C@@H](N(C)Cc2cccc(C(=O)Nc3ccccc3)c2)C1. The Bertz CT molecular complexity index is 719. The van der Waals surface area contributed by atoms with Crippen LogP contribution in [0.15, 0.2) is 54.6 Å². The van der Waals surface area contributed by atoms with Crippen molar-refractivity contribution in [1.82, 2.24) is 4.90 Å². The second-order valence-electron chi connectivity index (χ2n) is 6.98. The Morgan fingerprint density at radius 1 is 1.15 bits per heavy atom. The van der Waals surface area contributed by atoms with E-state index in [1.54, 1.807) is 0 Å². The Kier molecular flexibility index (Phi) is 6.75. The molecule has 2 atom stereocenters. The number of nitrogens with one attached hydrogen (secondary N) is 1. The summed E-state index contributed by atoms with van der Waals surface area (Å²) in [5.74, 6) is 1.15. The van der Waals surface area contributed by atoms with Gasteiger partial charge in [0.05, 0.1) is 0 Å². The molecule has 1 aliphatic carbocycles. The Balaban J connectivity index is 1.59. The molecule has 2 aromatic carbocycles. The highest BCUT2D eigenvalue weighted by atomic mass is 32.2. The molecule has 0 spiro atoms. The van der Waals surface area contributed by atoms with Crippen molar-refractivity contribution in [1.29, 1.82) is 0 Å². The normalized spacial score (nSPS) is 19.7. The molecule has 1 fully saturated rings. The smallest absolute Gasteiger partial charge is 0.255 e. The summed E-state index contributed by atoms with van der Waals surface area (Å²) in [4.78, 5) is 14.9. The summed E-state index contributed by atoms with van der Waals surface area (Å²) in [7, 11) is 2.21. The lowest BCUT2D eigenvalue weighted by atomic mass is 10.1. The van der Waals surface area contributed by atoms with E-state index in [9.17, 15) is 4.79 Å². The van der Waals surface area contributed by atoms with Crippen LogP contribution in [0.2, 0.25) is 0 Å². The van der Waals surface area contributed by atoms with Crippen molar-refractivity contribution in [2.75, 3.05) is 18.1 Å². The van der Waals surface area contributed by atoms with Crippen LogP contribution < -0.4 is 5.32 Å². The summed E-state index contributed by atoms with van der Waals surface area (Å²) in [6.07, 6.45) is 3.89. The molecular weight excluding hydrogens is 340 g/mol. The third kappa shape index (κ3) is 5.12. The fourth-order valence-corrected chi connectivity index (χ4v) is 4.79. The lowest BCUT2D eigenvalue weighted by molar-refractivity contribution is 0.102. The highest BCUT2D eigenvalue weighted by Gasteiger charge is 2.27. The van der Waals surface area contributed by atoms with Crippen molar-refractivity contribution < 1.29 is 4.79 Å². The lowest BCUT2D eigenvalue weighted by Crippen LogP contribution is -2.29. The lowest BCUT2D eigenvalue weighted by Gasteiger charge is -2.24. The predicted octanol–water partition coefficient (Wildman–Crippen LogP) is 5.04. The fourth-order valence-electron chi connectivity index (χ4n) is 3.66. The third-order valence-corrected chi connectivity index (χ3v) is 6.27. The minimum absolute atomic E-state index is 0.0546. The topological polar surface area (TPSA) is 32.3 Å². The molecule has 0 heterocycles. The van der Waals surface area contributed by atoms with Gasteiger partial charge in [0.2, 0.25) is 0 Å². The van der Waals surface area contributed by atoms with Gasteiger partial charge < -0.3 is 5.32 Å². The molecule has 3 nitrogen and oxygen atoms in total. The maximum atomic E-state index is 12.5. The fraction of sp³-hybridized carbons (Fsp3) is 0.409. The number of benzene rings is 2. The first kappa shape index (κ1) is 19.0. The van der Waals surface area contributed by atoms with Gasteiger partial charge in [-0.15, -0.1) is 0 Å². The molecule has 0 aromatic heterocycles. The predicted molar refractivity (Wildman–Crippen MR) is 112 cm³/mol. The van der Waals surface area contributed by atoms with Crippen molar-refractivity contribution in [2.24, 2.45) is 0 Å². The zero-order chi connectivity index (χ0) is 18.4. The summed E-state index contributed by atoms with van der Waals surface area (Å²) in [6, 6.07) is 18.2. The van der Waals surface area contributed by atoms with Gasteiger partial charge in [0.15, 0.2) is 0 Å². The van der Waals surface area contributed by atoms with E-state index in [0.717, 1.165) is 17.5 Å². The van der Waals surface area contributed by atoms with E-state index < -0.39 is 0 Å². The van der Waals surface area contributed by atoms with Crippen molar-refractivity contribution in [3.63, 3.8) is 0 Å². The maximum absolute atomic E-state index is 12.5. The number of amides is 1. The summed E-state index contributed by atoms with van der Waals surface area (Å²) in [5.41, 5.74) is 2.73. The van der Waals surface area contributed by atoms with Gasteiger partial charge in [-0.3, -0.25) is 9.69 Å². The van der Waals surface area contributed by atoms with Crippen LogP contribution in [0.3, 0.4) is 0 Å². The van der Waals surface area contributed by atoms with Crippen LogP contribution in [0.4, 0.5) is 5.69 Å². The Morgan fingerprint density at radius 3 is 2.73 bits per heavy atom. The quantitative estimate of drug-likeness (QED) is 0.743. The van der Waals surface area contributed by atoms with E-state index in [4.69, 9.17) is 0 Å². The Morgan fingerprint density at radius 2 is 1.96 bits per heavy atom. The minimum atomic E-state index is -0.0546. The number of carbonyl (C=O) groups is 1. The number of thioether (sulfide) groups is 1. The summed E-state index contributed by atoms with van der Waals surface area (Å²) >= 11 is 2.09. The first-order valence-corrected chi connectivity index (χ1v) is 10.5. The molecule has 0 unspecified atom stereocenters. The Labute approximate surface area is 161 Å². The number of nitrogens with zero attached hydrogens (tertiary/aromatic N) is 1. The zero-order valence-electron chi connectivity index (χ0n) is 15.7. The second-order valence-corrected chi connectivity index (χ2v) is 8.56. The summed E-state index contributed by atoms with van der Waals surface area (Å²) in [6.45, 7) is 3.13. The van der Waals surface area contributed by atoms with Gasteiger partial charge in [-0.25, -0.2) is 0 Å². The number of hydrogen-bond donors (Lipinski definition) is 1. The summed E-state index contributed by atoms with van der Waals surface area (Å²) < 4.78 is 0. The van der Waals surface area contributed by atoms with E-state index >= 15 is 0 Å². The van der Waals surface area contributed by atoms with E-state index in [1.165, 1.54) is 30.6 Å². The number of carbonyl (C=O) groups excluding carboxylic acids is 1. The van der Waals surface area contributed by atoms with Crippen LogP contribution in [0, 0.1) is 0 Å². The molecule has 1 aliphatic rings. The molecule has 1 N–H and O–H groups in total. The molecular formula is C22H28N2OS. The zero-order valence-corrected chi connectivity index (χ0v) is 16.5. The van der Waals surface area contributed by atoms with Gasteiger partial charge in [-0.05, 0) is 61.9 Å². The van der Waals surface area contributed by atoms with Crippen LogP contribution in [-0.4, -0.2) is 34.9 Å². The van der Waals surface area contributed by atoms with Gasteiger partial charge in [0.1, 0.15) is 0 Å². The highest BCUT2D eigenvalue weighted by Crippen LogP contribution is 2.32. The van der Waals surface area contributed by atoms with E-state index in [1.807, 2.05) is 48.5 Å². The van der Waals surface area contributed by atoms with Gasteiger partial charge in [0.25, 0.3) is 5.91 Å². The number of hydrogen-bond acceptors (Lipinski definition) is 3. The molecule has 138 valence electrons.